The Bertz CT molecular complexity index is 314. The molecule has 0 aromatic carbocycles. The number of nitrogens with zero attached hydrogens (tertiary/aromatic N) is 1. The van der Waals surface area contributed by atoms with Crippen LogP contribution in [0.2, 0.25) is 0 Å². The van der Waals surface area contributed by atoms with Gasteiger partial charge in [0.15, 0.2) is 5.25 Å². The van der Waals surface area contributed by atoms with E-state index in [1.165, 1.54) is 6.92 Å². The highest BCUT2D eigenvalue weighted by Gasteiger charge is 2.32. The number of carboxylic acid groups (broad SMARTS) is 1. The van der Waals surface area contributed by atoms with Gasteiger partial charge >= 0.3 is 5.97 Å². The fourth-order valence-corrected chi connectivity index (χ4v) is 2.52. The summed E-state index contributed by atoms with van der Waals surface area (Å²) in [4.78, 5) is 10.7. The van der Waals surface area contributed by atoms with Crippen LogP contribution in [0.1, 0.15) is 20.8 Å². The van der Waals surface area contributed by atoms with Crippen LogP contribution < -0.4 is 0 Å². The number of carbonyl (C=O) groups is 1. The van der Waals surface area contributed by atoms with Gasteiger partial charge in [-0.2, -0.15) is 4.31 Å². The lowest BCUT2D eigenvalue weighted by atomic mass is 10.5. The minimum atomic E-state index is -3.78. The van der Waals surface area contributed by atoms with Crippen molar-refractivity contribution in [1.82, 2.24) is 4.31 Å². The first-order chi connectivity index (χ1) is 7.37. The Morgan fingerprint density at radius 1 is 1.44 bits per heavy atom. The highest BCUT2D eigenvalue weighted by atomic mass is 32.2. The summed E-state index contributed by atoms with van der Waals surface area (Å²) in [5, 5.41) is 7.27. The van der Waals surface area contributed by atoms with Crippen LogP contribution in [0.25, 0.3) is 0 Å². The molecule has 0 aliphatic carbocycles. The second-order valence-corrected chi connectivity index (χ2v) is 5.47. The van der Waals surface area contributed by atoms with E-state index < -0.39 is 21.2 Å². The minimum Gasteiger partial charge on any atom is -0.480 e. The van der Waals surface area contributed by atoms with Gasteiger partial charge in [0.1, 0.15) is 0 Å². The average Bonchev–Trinajstić information content (AvgIpc) is 2.22. The maximum Gasteiger partial charge on any atom is 0.323 e. The smallest absolute Gasteiger partial charge is 0.323 e. The molecule has 1 atom stereocenters. The Morgan fingerprint density at radius 3 is 2.38 bits per heavy atom. The molecule has 0 aliphatic rings. The maximum atomic E-state index is 11.8. The molecule has 96 valence electrons. The third-order valence-corrected chi connectivity index (χ3v) is 4.45. The molecule has 6 nitrogen and oxygen atoms in total. The molecule has 1 N–H and O–H groups in total. The number of hydrogen-bond acceptors (Lipinski definition) is 4. The summed E-state index contributed by atoms with van der Waals surface area (Å²) in [7, 11) is -3.78. The van der Waals surface area contributed by atoms with Crippen LogP contribution in [0.15, 0.2) is 0 Å². The van der Waals surface area contributed by atoms with Gasteiger partial charge in [-0.05, 0) is 13.8 Å². The van der Waals surface area contributed by atoms with E-state index in [1.54, 1.807) is 6.92 Å². The molecule has 0 bridgehead atoms. The molecule has 0 aromatic rings. The van der Waals surface area contributed by atoms with Gasteiger partial charge in [0.2, 0.25) is 10.0 Å². The van der Waals surface area contributed by atoms with Crippen molar-refractivity contribution >= 4 is 16.0 Å². The zero-order valence-electron chi connectivity index (χ0n) is 9.84. The Hall–Kier alpha value is -0.660. The number of rotatable bonds is 8. The normalized spacial score (nSPS) is 14.0. The van der Waals surface area contributed by atoms with Crippen LogP contribution >= 0.6 is 0 Å². The molecule has 0 fully saturated rings. The van der Waals surface area contributed by atoms with Crippen LogP contribution in [0.4, 0.5) is 0 Å². The molecule has 7 heteroatoms. The molecule has 0 saturated heterocycles. The van der Waals surface area contributed by atoms with Crippen molar-refractivity contribution in [3.05, 3.63) is 0 Å². The molecule has 0 radical (unpaired) electrons. The summed E-state index contributed by atoms with van der Waals surface area (Å²) in [6.07, 6.45) is 0. The van der Waals surface area contributed by atoms with Gasteiger partial charge in [0.05, 0.1) is 6.61 Å². The minimum absolute atomic E-state index is 0.185. The fraction of sp³-hybridized carbons (Fsp3) is 0.889. The van der Waals surface area contributed by atoms with E-state index in [4.69, 9.17) is 9.84 Å². The third-order valence-electron chi connectivity index (χ3n) is 2.20. The summed E-state index contributed by atoms with van der Waals surface area (Å²) in [5.41, 5.74) is 0. The molecule has 0 saturated carbocycles. The van der Waals surface area contributed by atoms with Crippen molar-refractivity contribution in [2.24, 2.45) is 0 Å². The highest BCUT2D eigenvalue weighted by Crippen LogP contribution is 2.08. The van der Waals surface area contributed by atoms with Gasteiger partial charge in [-0.15, -0.1) is 0 Å². The lowest BCUT2D eigenvalue weighted by Gasteiger charge is -2.22. The summed E-state index contributed by atoms with van der Waals surface area (Å²) in [5.74, 6) is -1.34. The fourth-order valence-electron chi connectivity index (χ4n) is 1.13. The van der Waals surface area contributed by atoms with E-state index in [0.29, 0.717) is 6.61 Å². The van der Waals surface area contributed by atoms with Crippen molar-refractivity contribution in [3.8, 4) is 0 Å². The third kappa shape index (κ3) is 4.07. The van der Waals surface area contributed by atoms with Gasteiger partial charge in [0, 0.05) is 19.7 Å². The van der Waals surface area contributed by atoms with Crippen molar-refractivity contribution in [2.45, 2.75) is 26.0 Å². The van der Waals surface area contributed by atoms with Gasteiger partial charge < -0.3 is 9.84 Å². The first-order valence-corrected chi connectivity index (χ1v) is 6.67. The number of likely N-dealkylation sites (N-methyl/N-ethyl adjacent to an activating group) is 1. The van der Waals surface area contributed by atoms with Crippen molar-refractivity contribution in [1.29, 1.82) is 0 Å². The highest BCUT2D eigenvalue weighted by molar-refractivity contribution is 7.90. The molecule has 16 heavy (non-hydrogen) atoms. The van der Waals surface area contributed by atoms with Gasteiger partial charge in [-0.25, -0.2) is 8.42 Å². The first-order valence-electron chi connectivity index (χ1n) is 5.17. The largest absolute Gasteiger partial charge is 0.480 e. The molecule has 0 spiro atoms. The monoisotopic (exact) mass is 253 g/mol. The summed E-state index contributed by atoms with van der Waals surface area (Å²) in [6.45, 7) is 5.85. The summed E-state index contributed by atoms with van der Waals surface area (Å²) < 4.78 is 29.7. The lowest BCUT2D eigenvalue weighted by molar-refractivity contribution is -0.136. The molecule has 0 rings (SSSR count). The number of hydrogen-bond donors (Lipinski definition) is 1. The predicted molar refractivity (Wildman–Crippen MR) is 59.8 cm³/mol. The summed E-state index contributed by atoms with van der Waals surface area (Å²) in [6, 6.07) is 0. The molecule has 0 amide bonds. The van der Waals surface area contributed by atoms with Crippen molar-refractivity contribution < 1.29 is 23.1 Å². The molecule has 1 unspecified atom stereocenters. The zero-order chi connectivity index (χ0) is 12.8. The van der Waals surface area contributed by atoms with Crippen LogP contribution in [0.5, 0.6) is 0 Å². The van der Waals surface area contributed by atoms with Crippen molar-refractivity contribution in [3.63, 3.8) is 0 Å². The van der Waals surface area contributed by atoms with Crippen LogP contribution in [0, 0.1) is 0 Å². The Labute approximate surface area is 96.2 Å². The van der Waals surface area contributed by atoms with Crippen LogP contribution in [-0.4, -0.2) is 55.4 Å². The zero-order valence-corrected chi connectivity index (χ0v) is 10.7. The van der Waals surface area contributed by atoms with Crippen LogP contribution in [-0.2, 0) is 19.6 Å². The standard InChI is InChI=1S/C9H19NO5S/c1-4-10(6-7-15-5-2)16(13,14)8(3)9(11)12/h8H,4-7H2,1-3H3,(H,11,12). The second-order valence-electron chi connectivity index (χ2n) is 3.21. The predicted octanol–water partition coefficient (Wildman–Crippen LogP) is 0.148. The quantitative estimate of drug-likeness (QED) is 0.622. The molecule has 0 aromatic heterocycles. The molecule has 0 heterocycles. The maximum absolute atomic E-state index is 11.8. The van der Waals surface area contributed by atoms with Crippen LogP contribution in [0.3, 0.4) is 0 Å². The van der Waals surface area contributed by atoms with E-state index in [2.05, 4.69) is 0 Å². The Balaban J connectivity index is 4.61. The summed E-state index contributed by atoms with van der Waals surface area (Å²) >= 11 is 0. The number of sulfonamides is 1. The lowest BCUT2D eigenvalue weighted by Crippen LogP contribution is -2.42. The van der Waals surface area contributed by atoms with E-state index in [-0.39, 0.29) is 19.7 Å². The average molecular weight is 253 g/mol. The second kappa shape index (κ2) is 6.82. The number of aliphatic carboxylic acids is 1. The van der Waals surface area contributed by atoms with Gasteiger partial charge in [0.25, 0.3) is 0 Å². The van der Waals surface area contributed by atoms with Gasteiger partial charge in [-0.3, -0.25) is 4.79 Å². The number of carboxylic acids is 1. The SMILES string of the molecule is CCOCCN(CC)S(=O)(=O)C(C)C(=O)O. The molecular weight excluding hydrogens is 234 g/mol. The Morgan fingerprint density at radius 2 is 2.00 bits per heavy atom. The van der Waals surface area contributed by atoms with E-state index >= 15 is 0 Å². The van der Waals surface area contributed by atoms with E-state index in [9.17, 15) is 13.2 Å². The van der Waals surface area contributed by atoms with E-state index in [0.717, 1.165) is 4.31 Å². The van der Waals surface area contributed by atoms with E-state index in [1.807, 2.05) is 6.92 Å². The van der Waals surface area contributed by atoms with Crippen molar-refractivity contribution in [2.75, 3.05) is 26.3 Å². The topological polar surface area (TPSA) is 83.9 Å². The number of ether oxygens (including phenoxy) is 1. The molecule has 0 aliphatic heterocycles. The van der Waals surface area contributed by atoms with Gasteiger partial charge in [-0.1, -0.05) is 6.92 Å². The molecular formula is C9H19NO5S. The first kappa shape index (κ1) is 15.3. The Kier molecular flexibility index (Phi) is 6.54.